The van der Waals surface area contributed by atoms with Crippen molar-refractivity contribution >= 4 is 22.9 Å². The van der Waals surface area contributed by atoms with Gasteiger partial charge in [0.2, 0.25) is 5.91 Å². The quantitative estimate of drug-likeness (QED) is 0.447. The molecule has 0 aromatic carbocycles. The molecule has 1 aliphatic heterocycles. The Balaban J connectivity index is 1.37. The molecule has 0 saturated carbocycles. The molecular formula is C23H27N9O2. The molecule has 1 saturated heterocycles. The maximum absolute atomic E-state index is 13.0. The van der Waals surface area contributed by atoms with Gasteiger partial charge in [-0.2, -0.15) is 5.10 Å². The normalized spacial score (nSPS) is 16.0. The number of amides is 1. The Morgan fingerprint density at radius 1 is 1.26 bits per heavy atom. The Bertz CT molecular complexity index is 1360. The molecule has 1 fully saturated rings. The first-order valence-electron chi connectivity index (χ1n) is 11.4. The van der Waals surface area contributed by atoms with Gasteiger partial charge >= 0.3 is 0 Å². The largest absolute Gasteiger partial charge is 0.365 e. The van der Waals surface area contributed by atoms with Crippen LogP contribution in [0.15, 0.2) is 54.2 Å². The van der Waals surface area contributed by atoms with Crippen molar-refractivity contribution < 1.29 is 4.79 Å². The molecule has 1 amide bonds. The van der Waals surface area contributed by atoms with Crippen LogP contribution in [-0.4, -0.2) is 52.4 Å². The van der Waals surface area contributed by atoms with Crippen molar-refractivity contribution in [2.45, 2.75) is 51.7 Å². The summed E-state index contributed by atoms with van der Waals surface area (Å²) in [4.78, 5) is 32.1. The van der Waals surface area contributed by atoms with Crippen molar-refractivity contribution in [1.29, 1.82) is 0 Å². The lowest BCUT2D eigenvalue weighted by Gasteiger charge is -2.29. The van der Waals surface area contributed by atoms with Gasteiger partial charge in [-0.3, -0.25) is 14.0 Å². The van der Waals surface area contributed by atoms with Crippen LogP contribution in [0.25, 0.3) is 5.65 Å². The van der Waals surface area contributed by atoms with E-state index in [2.05, 4.69) is 48.9 Å². The number of carbonyl (C=O) groups is 1. The smallest absolute Gasteiger partial charge is 0.269 e. The van der Waals surface area contributed by atoms with Gasteiger partial charge in [-0.15, -0.1) is 10.2 Å². The van der Waals surface area contributed by atoms with Crippen LogP contribution >= 0.6 is 0 Å². The molecule has 1 aliphatic rings. The Kier molecular flexibility index (Phi) is 5.83. The fourth-order valence-electron chi connectivity index (χ4n) is 4.47. The van der Waals surface area contributed by atoms with Crippen LogP contribution in [0.5, 0.6) is 0 Å². The van der Waals surface area contributed by atoms with Gasteiger partial charge < -0.3 is 14.8 Å². The molecule has 0 aliphatic carbocycles. The molecule has 11 nitrogen and oxygen atoms in total. The molecule has 176 valence electrons. The zero-order valence-electron chi connectivity index (χ0n) is 19.2. The van der Waals surface area contributed by atoms with Crippen LogP contribution in [0.2, 0.25) is 0 Å². The number of aromatic nitrogens is 7. The lowest BCUT2D eigenvalue weighted by Crippen LogP contribution is -2.37. The molecule has 4 aromatic heterocycles. The second-order valence-electron chi connectivity index (χ2n) is 8.88. The first-order chi connectivity index (χ1) is 16.5. The van der Waals surface area contributed by atoms with E-state index in [4.69, 9.17) is 0 Å². The fourth-order valence-corrected chi connectivity index (χ4v) is 4.47. The molecule has 4 aromatic rings. The number of pyridine rings is 1. The van der Waals surface area contributed by atoms with Crippen molar-refractivity contribution in [3.8, 4) is 0 Å². The van der Waals surface area contributed by atoms with Crippen LogP contribution in [-0.2, 0) is 17.9 Å². The van der Waals surface area contributed by atoms with Gasteiger partial charge in [0.15, 0.2) is 5.65 Å². The van der Waals surface area contributed by atoms with Gasteiger partial charge in [-0.05, 0) is 30.9 Å². The Morgan fingerprint density at radius 3 is 2.94 bits per heavy atom. The number of hydrogen-bond acceptors (Lipinski definition) is 7. The number of rotatable bonds is 7. The topological polar surface area (TPSA) is 115 Å². The lowest BCUT2D eigenvalue weighted by molar-refractivity contribution is -0.117. The molecule has 0 radical (unpaired) electrons. The van der Waals surface area contributed by atoms with E-state index in [1.165, 1.54) is 4.68 Å². The number of nitrogens with zero attached hydrogens (tertiary/aromatic N) is 8. The predicted octanol–water partition coefficient (Wildman–Crippen LogP) is 1.91. The van der Waals surface area contributed by atoms with E-state index in [1.807, 2.05) is 12.5 Å². The highest BCUT2D eigenvalue weighted by atomic mass is 16.2. The van der Waals surface area contributed by atoms with Crippen molar-refractivity contribution in [1.82, 2.24) is 33.9 Å². The third kappa shape index (κ3) is 4.41. The summed E-state index contributed by atoms with van der Waals surface area (Å²) in [5.41, 5.74) is 2.65. The van der Waals surface area contributed by atoms with Crippen molar-refractivity contribution in [3.63, 3.8) is 0 Å². The summed E-state index contributed by atoms with van der Waals surface area (Å²) in [5, 5.41) is 15.2. The molecular weight excluding hydrogens is 434 g/mol. The maximum atomic E-state index is 13.0. The summed E-state index contributed by atoms with van der Waals surface area (Å²) in [5.74, 6) is -0.237. The van der Waals surface area contributed by atoms with E-state index >= 15 is 0 Å². The summed E-state index contributed by atoms with van der Waals surface area (Å²) in [6, 6.07) is 5.40. The zero-order valence-corrected chi connectivity index (χ0v) is 19.2. The Morgan fingerprint density at radius 2 is 2.15 bits per heavy atom. The standard InChI is InChI=1S/C23H27N9O2/c1-16(2)23-19(31-8-3-4-18(31)12-29-9-7-24-14-29)10-22(34)32(28-23)13-21(33)26-17-5-6-20-27-25-15-30(20)11-17/h5-7,9-11,14-16,18H,3-4,8,12-13H2,1-2H3,(H,26,33)/t18-/m1/s1. The van der Waals surface area contributed by atoms with Gasteiger partial charge in [0.1, 0.15) is 12.9 Å². The van der Waals surface area contributed by atoms with E-state index in [0.717, 1.165) is 37.3 Å². The van der Waals surface area contributed by atoms with Crippen LogP contribution in [0.4, 0.5) is 11.4 Å². The van der Waals surface area contributed by atoms with Gasteiger partial charge in [0.25, 0.3) is 5.56 Å². The van der Waals surface area contributed by atoms with E-state index in [1.54, 1.807) is 41.3 Å². The van der Waals surface area contributed by atoms with Crippen LogP contribution in [0.3, 0.4) is 0 Å². The highest BCUT2D eigenvalue weighted by Gasteiger charge is 2.29. The fraction of sp³-hybridized carbons (Fsp3) is 0.391. The van der Waals surface area contributed by atoms with E-state index < -0.39 is 0 Å². The summed E-state index contributed by atoms with van der Waals surface area (Å²) in [6.07, 6.45) is 10.9. The molecule has 0 unspecified atom stereocenters. The average Bonchev–Trinajstić information content (AvgIpc) is 3.57. The Hall–Kier alpha value is -4.02. The molecule has 5 heterocycles. The van der Waals surface area contributed by atoms with Crippen molar-refractivity contribution in [2.75, 3.05) is 16.8 Å². The number of nitrogens with one attached hydrogen (secondary N) is 1. The second-order valence-corrected chi connectivity index (χ2v) is 8.88. The van der Waals surface area contributed by atoms with Crippen LogP contribution in [0.1, 0.15) is 38.3 Å². The van der Waals surface area contributed by atoms with Crippen molar-refractivity contribution in [2.24, 2.45) is 0 Å². The third-order valence-corrected chi connectivity index (χ3v) is 6.09. The lowest BCUT2D eigenvalue weighted by atomic mass is 10.1. The van der Waals surface area contributed by atoms with Gasteiger partial charge in [-0.25, -0.2) is 9.67 Å². The number of fused-ring (bicyclic) bond motifs is 1. The third-order valence-electron chi connectivity index (χ3n) is 6.09. The summed E-state index contributed by atoms with van der Waals surface area (Å²) >= 11 is 0. The monoisotopic (exact) mass is 461 g/mol. The molecule has 0 spiro atoms. The van der Waals surface area contributed by atoms with Crippen LogP contribution < -0.4 is 15.8 Å². The molecule has 0 bridgehead atoms. The van der Waals surface area contributed by atoms with Gasteiger partial charge in [0.05, 0.1) is 23.4 Å². The highest BCUT2D eigenvalue weighted by Crippen LogP contribution is 2.31. The molecule has 5 rings (SSSR count). The van der Waals surface area contributed by atoms with Crippen molar-refractivity contribution in [3.05, 3.63) is 65.5 Å². The number of anilines is 2. The molecule has 34 heavy (non-hydrogen) atoms. The zero-order chi connectivity index (χ0) is 23.7. The highest BCUT2D eigenvalue weighted by molar-refractivity contribution is 5.90. The van der Waals surface area contributed by atoms with Crippen LogP contribution in [0, 0.1) is 0 Å². The van der Waals surface area contributed by atoms with Gasteiger partial charge in [-0.1, -0.05) is 13.8 Å². The van der Waals surface area contributed by atoms with E-state index in [9.17, 15) is 9.59 Å². The summed E-state index contributed by atoms with van der Waals surface area (Å²) in [6.45, 7) is 5.61. The SMILES string of the molecule is CC(C)c1nn(CC(=O)Nc2ccc3nncn3c2)c(=O)cc1N1CCC[C@@H]1Cn1ccnc1. The predicted molar refractivity (Wildman–Crippen MR) is 127 cm³/mol. The number of carbonyl (C=O) groups excluding carboxylic acids is 1. The maximum Gasteiger partial charge on any atom is 0.269 e. The first kappa shape index (κ1) is 21.8. The first-order valence-corrected chi connectivity index (χ1v) is 11.4. The summed E-state index contributed by atoms with van der Waals surface area (Å²) in [7, 11) is 0. The van der Waals surface area contributed by atoms with E-state index in [-0.39, 0.29) is 30.0 Å². The minimum absolute atomic E-state index is 0.0931. The Labute approximate surface area is 196 Å². The summed E-state index contributed by atoms with van der Waals surface area (Å²) < 4.78 is 5.02. The van der Waals surface area contributed by atoms with Gasteiger partial charge in [0, 0.05) is 43.8 Å². The number of hydrogen-bond donors (Lipinski definition) is 1. The minimum Gasteiger partial charge on any atom is -0.365 e. The molecule has 1 N–H and O–H groups in total. The average molecular weight is 462 g/mol. The molecule has 1 atom stereocenters. The second kappa shape index (κ2) is 9.08. The number of imidazole rings is 1. The van der Waals surface area contributed by atoms with E-state index in [0.29, 0.717) is 11.3 Å². The minimum atomic E-state index is -0.330. The molecule has 11 heteroatoms.